The van der Waals surface area contributed by atoms with E-state index < -0.39 is 0 Å². The molecular formula is C28H24O2S. The number of carbonyl (C=O) groups is 1. The van der Waals surface area contributed by atoms with Crippen molar-refractivity contribution >= 4 is 27.7 Å². The molecule has 0 N–H and O–H groups in total. The normalized spacial score (nSPS) is 11.5. The van der Waals surface area contributed by atoms with Crippen LogP contribution < -0.4 is 4.74 Å². The van der Waals surface area contributed by atoms with Crippen molar-refractivity contribution in [3.63, 3.8) is 0 Å². The van der Waals surface area contributed by atoms with Crippen LogP contribution in [0.25, 0.3) is 21.2 Å². The van der Waals surface area contributed by atoms with Crippen LogP contribution in [0.15, 0.2) is 72.1 Å². The Morgan fingerprint density at radius 1 is 1.03 bits per heavy atom. The molecule has 0 fully saturated rings. The first-order valence-corrected chi connectivity index (χ1v) is 11.2. The van der Waals surface area contributed by atoms with Gasteiger partial charge < -0.3 is 9.53 Å². The van der Waals surface area contributed by atoms with E-state index in [9.17, 15) is 4.79 Å². The molecule has 0 amide bonds. The number of hydrogen-bond donors (Lipinski definition) is 0. The first-order valence-electron chi connectivity index (χ1n) is 10.3. The monoisotopic (exact) mass is 424 g/mol. The van der Waals surface area contributed by atoms with E-state index in [1.165, 1.54) is 26.8 Å². The predicted octanol–water partition coefficient (Wildman–Crippen LogP) is 7.15. The highest BCUT2D eigenvalue weighted by Gasteiger charge is 2.11. The van der Waals surface area contributed by atoms with Gasteiger partial charge in [-0.15, -0.1) is 17.3 Å². The number of aryl methyl sites for hydroxylation is 1. The quantitative estimate of drug-likeness (QED) is 0.233. The Morgan fingerprint density at radius 3 is 2.58 bits per heavy atom. The van der Waals surface area contributed by atoms with Crippen molar-refractivity contribution in [2.45, 2.75) is 32.8 Å². The number of thiophene rings is 1. The van der Waals surface area contributed by atoms with Crippen LogP contribution in [0, 0.1) is 18.8 Å². The summed E-state index contributed by atoms with van der Waals surface area (Å²) in [5.74, 6) is 6.83. The summed E-state index contributed by atoms with van der Waals surface area (Å²) in [4.78, 5) is 10.9. The van der Waals surface area contributed by atoms with Gasteiger partial charge in [0.2, 0.25) is 0 Å². The Labute approximate surface area is 187 Å². The summed E-state index contributed by atoms with van der Waals surface area (Å²) in [6.45, 7) is 4.44. The summed E-state index contributed by atoms with van der Waals surface area (Å²) in [7, 11) is 0. The molecule has 4 aromatic rings. The predicted molar refractivity (Wildman–Crippen MR) is 130 cm³/mol. The van der Waals surface area contributed by atoms with Crippen LogP contribution in [0.3, 0.4) is 0 Å². The van der Waals surface area contributed by atoms with Gasteiger partial charge in [0.1, 0.15) is 18.6 Å². The van der Waals surface area contributed by atoms with Gasteiger partial charge >= 0.3 is 0 Å². The minimum absolute atomic E-state index is 0.0432. The Bertz CT molecular complexity index is 1260. The van der Waals surface area contributed by atoms with E-state index in [4.69, 9.17) is 4.74 Å². The molecule has 0 saturated heterocycles. The van der Waals surface area contributed by atoms with Gasteiger partial charge in [-0.1, -0.05) is 54.5 Å². The van der Waals surface area contributed by atoms with Gasteiger partial charge in [0, 0.05) is 22.1 Å². The van der Waals surface area contributed by atoms with Gasteiger partial charge in [-0.25, -0.2) is 0 Å². The number of ether oxygens (including phenoxy) is 1. The molecule has 0 saturated carbocycles. The Morgan fingerprint density at radius 2 is 1.84 bits per heavy atom. The molecule has 0 aliphatic heterocycles. The lowest BCUT2D eigenvalue weighted by Gasteiger charge is -2.11. The highest BCUT2D eigenvalue weighted by Crippen LogP contribution is 2.37. The number of fused-ring (bicyclic) bond motifs is 1. The van der Waals surface area contributed by atoms with Gasteiger partial charge in [-0.3, -0.25) is 0 Å². The first kappa shape index (κ1) is 20.9. The van der Waals surface area contributed by atoms with Crippen LogP contribution in [-0.4, -0.2) is 6.29 Å². The molecule has 2 nitrogen and oxygen atoms in total. The van der Waals surface area contributed by atoms with Gasteiger partial charge in [-0.2, -0.15) is 0 Å². The second-order valence-corrected chi connectivity index (χ2v) is 8.41. The summed E-state index contributed by atoms with van der Waals surface area (Å²) in [6.07, 6.45) is 1.35. The van der Waals surface area contributed by atoms with Gasteiger partial charge in [0.25, 0.3) is 0 Å². The van der Waals surface area contributed by atoms with Crippen LogP contribution in [0.2, 0.25) is 0 Å². The van der Waals surface area contributed by atoms with Crippen LogP contribution in [0.4, 0.5) is 0 Å². The third-order valence-electron chi connectivity index (χ3n) is 5.42. The fraction of sp³-hybridized carbons (Fsp3) is 0.179. The number of rotatable bonds is 7. The first-order chi connectivity index (χ1) is 15.2. The van der Waals surface area contributed by atoms with E-state index >= 15 is 0 Å². The Kier molecular flexibility index (Phi) is 6.50. The average molecular weight is 425 g/mol. The van der Waals surface area contributed by atoms with Crippen molar-refractivity contribution in [2.75, 3.05) is 0 Å². The van der Waals surface area contributed by atoms with E-state index in [0.717, 1.165) is 23.2 Å². The zero-order valence-electron chi connectivity index (χ0n) is 17.7. The fourth-order valence-electron chi connectivity index (χ4n) is 3.74. The topological polar surface area (TPSA) is 26.3 Å². The van der Waals surface area contributed by atoms with E-state index in [0.29, 0.717) is 13.0 Å². The van der Waals surface area contributed by atoms with Crippen molar-refractivity contribution in [3.8, 4) is 28.7 Å². The van der Waals surface area contributed by atoms with E-state index in [2.05, 4.69) is 60.5 Å². The molecule has 1 atom stereocenters. The van der Waals surface area contributed by atoms with Crippen LogP contribution >= 0.6 is 11.3 Å². The second kappa shape index (κ2) is 9.64. The highest BCUT2D eigenvalue weighted by molar-refractivity contribution is 7.17. The second-order valence-electron chi connectivity index (χ2n) is 7.50. The van der Waals surface area contributed by atoms with E-state index in [1.807, 2.05) is 30.3 Å². The molecule has 0 spiro atoms. The molecule has 31 heavy (non-hydrogen) atoms. The van der Waals surface area contributed by atoms with Crippen molar-refractivity contribution in [2.24, 2.45) is 0 Å². The largest absolute Gasteiger partial charge is 0.489 e. The van der Waals surface area contributed by atoms with Crippen molar-refractivity contribution in [1.82, 2.24) is 0 Å². The number of benzene rings is 3. The lowest BCUT2D eigenvalue weighted by atomic mass is 9.96. The number of aldehydes is 1. The molecule has 3 heteroatoms. The lowest BCUT2D eigenvalue weighted by Crippen LogP contribution is -1.99. The van der Waals surface area contributed by atoms with Crippen molar-refractivity contribution in [3.05, 3.63) is 88.8 Å². The molecular weight excluding hydrogens is 400 g/mol. The molecule has 3 aromatic carbocycles. The Balaban J connectivity index is 1.52. The SMILES string of the molecule is CC#CC(CC=O)c1ccc(COc2ccc3scc(-c4ccccc4C)c3c2)cc1. The minimum Gasteiger partial charge on any atom is -0.489 e. The van der Waals surface area contributed by atoms with Crippen molar-refractivity contribution in [1.29, 1.82) is 0 Å². The number of carbonyl (C=O) groups excluding carboxylic acids is 1. The molecule has 0 bridgehead atoms. The smallest absolute Gasteiger partial charge is 0.121 e. The maximum Gasteiger partial charge on any atom is 0.121 e. The molecule has 0 aliphatic rings. The minimum atomic E-state index is -0.0432. The molecule has 0 radical (unpaired) electrons. The van der Waals surface area contributed by atoms with E-state index in [1.54, 1.807) is 18.3 Å². The third-order valence-corrected chi connectivity index (χ3v) is 6.38. The Hall–Kier alpha value is -3.35. The highest BCUT2D eigenvalue weighted by atomic mass is 32.1. The van der Waals surface area contributed by atoms with E-state index in [-0.39, 0.29) is 5.92 Å². The maximum absolute atomic E-state index is 10.9. The molecule has 1 aromatic heterocycles. The molecule has 0 aliphatic carbocycles. The summed E-state index contributed by atoms with van der Waals surface area (Å²) in [5.41, 5.74) is 5.94. The fourth-order valence-corrected chi connectivity index (χ4v) is 4.68. The van der Waals surface area contributed by atoms with Gasteiger partial charge in [0.05, 0.1) is 5.92 Å². The summed E-state index contributed by atoms with van der Waals surface area (Å²) in [6, 6.07) is 23.0. The standard InChI is InChI=1S/C28H24O2S/c1-3-6-22(15-16-29)23-11-9-21(10-12-23)18-30-24-13-14-28-26(17-24)27(19-31-28)25-8-5-4-7-20(25)2/h4-5,7-14,16-17,19,22H,15,18H2,1-2H3. The summed E-state index contributed by atoms with van der Waals surface area (Å²) in [5, 5.41) is 3.45. The van der Waals surface area contributed by atoms with Crippen LogP contribution in [0.5, 0.6) is 5.75 Å². The zero-order chi connectivity index (χ0) is 21.6. The van der Waals surface area contributed by atoms with Gasteiger partial charge in [-0.05, 0) is 59.7 Å². The summed E-state index contributed by atoms with van der Waals surface area (Å²) < 4.78 is 7.36. The van der Waals surface area contributed by atoms with Gasteiger partial charge in [0.15, 0.2) is 0 Å². The van der Waals surface area contributed by atoms with Crippen molar-refractivity contribution < 1.29 is 9.53 Å². The molecule has 4 rings (SSSR count). The lowest BCUT2D eigenvalue weighted by molar-refractivity contribution is -0.107. The molecule has 154 valence electrons. The number of hydrogen-bond acceptors (Lipinski definition) is 3. The molecule has 1 unspecified atom stereocenters. The average Bonchev–Trinajstić information content (AvgIpc) is 3.21. The van der Waals surface area contributed by atoms with Crippen LogP contribution in [-0.2, 0) is 11.4 Å². The third kappa shape index (κ3) is 4.71. The zero-order valence-corrected chi connectivity index (χ0v) is 18.5. The summed E-state index contributed by atoms with van der Waals surface area (Å²) >= 11 is 1.76. The molecule has 1 heterocycles. The maximum atomic E-state index is 10.9. The van der Waals surface area contributed by atoms with Crippen LogP contribution in [0.1, 0.15) is 36.0 Å².